The van der Waals surface area contributed by atoms with Crippen LogP contribution in [0, 0.1) is 0 Å². The molecule has 0 aliphatic heterocycles. The number of rotatable bonds is 8. The Morgan fingerprint density at radius 2 is 1.42 bits per heavy atom. The first-order valence-electron chi connectivity index (χ1n) is 8.95. The van der Waals surface area contributed by atoms with Gasteiger partial charge in [-0.1, -0.05) is 60.7 Å². The molecular weight excluding hydrogens is 322 g/mol. The maximum Gasteiger partial charge on any atom is 0.259 e. The summed E-state index contributed by atoms with van der Waals surface area (Å²) in [7, 11) is 0. The molecule has 0 aliphatic carbocycles. The van der Waals surface area contributed by atoms with E-state index in [0.29, 0.717) is 17.9 Å². The molecule has 0 aromatic heterocycles. The number of unbranched alkanes of at least 4 members (excludes halogenated alkanes) is 1. The minimum absolute atomic E-state index is 0.156. The third-order valence-corrected chi connectivity index (χ3v) is 4.12. The lowest BCUT2D eigenvalue weighted by molar-refractivity contribution is 0.102. The summed E-state index contributed by atoms with van der Waals surface area (Å²) in [6, 6.07) is 27.3. The fourth-order valence-electron chi connectivity index (χ4n) is 2.76. The zero-order valence-corrected chi connectivity index (χ0v) is 14.7. The van der Waals surface area contributed by atoms with E-state index in [-0.39, 0.29) is 5.91 Å². The van der Waals surface area contributed by atoms with Crippen molar-refractivity contribution in [2.24, 2.45) is 0 Å². The lowest BCUT2D eigenvalue weighted by atomic mass is 10.1. The molecule has 1 amide bonds. The molecule has 0 bridgehead atoms. The predicted molar refractivity (Wildman–Crippen MR) is 106 cm³/mol. The molecule has 0 heterocycles. The zero-order chi connectivity index (χ0) is 18.0. The van der Waals surface area contributed by atoms with Crippen molar-refractivity contribution in [2.45, 2.75) is 19.3 Å². The van der Waals surface area contributed by atoms with Gasteiger partial charge in [-0.2, -0.15) is 0 Å². The van der Waals surface area contributed by atoms with E-state index in [0.717, 1.165) is 24.9 Å². The van der Waals surface area contributed by atoms with Crippen LogP contribution in [0.15, 0.2) is 84.9 Å². The van der Waals surface area contributed by atoms with E-state index in [1.54, 1.807) is 6.07 Å². The largest absolute Gasteiger partial charge is 0.493 e. The second-order valence-corrected chi connectivity index (χ2v) is 6.11. The fraction of sp³-hybridized carbons (Fsp3) is 0.174. The van der Waals surface area contributed by atoms with Crippen molar-refractivity contribution in [2.75, 3.05) is 11.9 Å². The number of ether oxygens (including phenoxy) is 1. The molecule has 1 N–H and O–H groups in total. The van der Waals surface area contributed by atoms with Crippen molar-refractivity contribution in [1.82, 2.24) is 0 Å². The second-order valence-electron chi connectivity index (χ2n) is 6.11. The van der Waals surface area contributed by atoms with Gasteiger partial charge in [0.25, 0.3) is 5.91 Å². The van der Waals surface area contributed by atoms with Gasteiger partial charge < -0.3 is 10.1 Å². The van der Waals surface area contributed by atoms with E-state index >= 15 is 0 Å². The highest BCUT2D eigenvalue weighted by Gasteiger charge is 2.12. The molecule has 3 nitrogen and oxygen atoms in total. The van der Waals surface area contributed by atoms with Crippen LogP contribution in [0.3, 0.4) is 0 Å². The Kier molecular flexibility index (Phi) is 6.43. The summed E-state index contributed by atoms with van der Waals surface area (Å²) in [6.45, 7) is 0.600. The third-order valence-electron chi connectivity index (χ3n) is 4.12. The molecule has 0 unspecified atom stereocenters. The summed E-state index contributed by atoms with van der Waals surface area (Å²) < 4.78 is 5.87. The van der Waals surface area contributed by atoms with Crippen LogP contribution >= 0.6 is 0 Å². The van der Waals surface area contributed by atoms with Crippen LogP contribution < -0.4 is 10.1 Å². The smallest absolute Gasteiger partial charge is 0.259 e. The molecule has 3 aromatic rings. The number of nitrogens with one attached hydrogen (secondary N) is 1. The van der Waals surface area contributed by atoms with Gasteiger partial charge in [-0.15, -0.1) is 0 Å². The average Bonchev–Trinajstić information content (AvgIpc) is 2.69. The monoisotopic (exact) mass is 345 g/mol. The van der Waals surface area contributed by atoms with Crippen LogP contribution in [0.5, 0.6) is 5.75 Å². The van der Waals surface area contributed by atoms with Gasteiger partial charge in [0.2, 0.25) is 0 Å². The molecule has 0 aliphatic rings. The van der Waals surface area contributed by atoms with Gasteiger partial charge in [-0.3, -0.25) is 4.79 Å². The Balaban J connectivity index is 1.51. The van der Waals surface area contributed by atoms with Gasteiger partial charge in [0.15, 0.2) is 0 Å². The minimum atomic E-state index is -0.156. The molecule has 0 atom stereocenters. The number of benzene rings is 3. The molecule has 26 heavy (non-hydrogen) atoms. The Morgan fingerprint density at radius 1 is 0.769 bits per heavy atom. The van der Waals surface area contributed by atoms with Crippen LogP contribution in [-0.4, -0.2) is 12.5 Å². The quantitative estimate of drug-likeness (QED) is 0.560. The van der Waals surface area contributed by atoms with E-state index in [4.69, 9.17) is 4.74 Å². The van der Waals surface area contributed by atoms with Crippen LogP contribution in [0.1, 0.15) is 28.8 Å². The topological polar surface area (TPSA) is 38.3 Å². The second kappa shape index (κ2) is 9.42. The lowest BCUT2D eigenvalue weighted by Gasteiger charge is -2.12. The summed E-state index contributed by atoms with van der Waals surface area (Å²) in [5.74, 6) is 0.469. The zero-order valence-electron chi connectivity index (χ0n) is 14.7. The number of anilines is 1. The van der Waals surface area contributed by atoms with Gasteiger partial charge in [0, 0.05) is 5.69 Å². The average molecular weight is 345 g/mol. The fourth-order valence-corrected chi connectivity index (χ4v) is 2.76. The Hall–Kier alpha value is -3.07. The molecule has 0 spiro atoms. The standard InChI is InChI=1S/C23H23NO2/c25-23(24-20-14-5-2-6-15-20)21-16-7-8-17-22(21)26-18-10-9-13-19-11-3-1-4-12-19/h1-8,11-12,14-17H,9-10,13,18H2,(H,24,25). The Morgan fingerprint density at radius 3 is 2.19 bits per heavy atom. The van der Waals surface area contributed by atoms with Crippen LogP contribution in [0.4, 0.5) is 5.69 Å². The van der Waals surface area contributed by atoms with Gasteiger partial charge in [-0.25, -0.2) is 0 Å². The number of aryl methyl sites for hydroxylation is 1. The van der Waals surface area contributed by atoms with Crippen molar-refractivity contribution in [3.8, 4) is 5.75 Å². The summed E-state index contributed by atoms with van der Waals surface area (Å²) in [5, 5.41) is 2.90. The molecule has 3 aromatic carbocycles. The third kappa shape index (κ3) is 5.21. The molecule has 0 radical (unpaired) electrons. The van der Waals surface area contributed by atoms with E-state index in [9.17, 15) is 4.79 Å². The lowest BCUT2D eigenvalue weighted by Crippen LogP contribution is -2.13. The summed E-state index contributed by atoms with van der Waals surface area (Å²) >= 11 is 0. The highest BCUT2D eigenvalue weighted by Crippen LogP contribution is 2.20. The van der Waals surface area contributed by atoms with E-state index in [2.05, 4.69) is 29.6 Å². The SMILES string of the molecule is O=C(Nc1ccccc1)c1ccccc1OCCCCc1ccccc1. The van der Waals surface area contributed by atoms with Crippen molar-refractivity contribution >= 4 is 11.6 Å². The molecule has 132 valence electrons. The Labute approximate surface area is 154 Å². The number of hydrogen-bond donors (Lipinski definition) is 1. The summed E-state index contributed by atoms with van der Waals surface area (Å²) in [6.07, 6.45) is 3.05. The summed E-state index contributed by atoms with van der Waals surface area (Å²) in [5.41, 5.74) is 2.67. The molecule has 3 heteroatoms. The highest BCUT2D eigenvalue weighted by atomic mass is 16.5. The molecule has 0 fully saturated rings. The van der Waals surface area contributed by atoms with Crippen LogP contribution in [0.25, 0.3) is 0 Å². The first kappa shape index (κ1) is 17.7. The molecular formula is C23H23NO2. The summed E-state index contributed by atoms with van der Waals surface area (Å²) in [4.78, 5) is 12.5. The number of para-hydroxylation sites is 2. The highest BCUT2D eigenvalue weighted by molar-refractivity contribution is 6.06. The first-order chi connectivity index (χ1) is 12.8. The van der Waals surface area contributed by atoms with Gasteiger partial charge in [0.05, 0.1) is 12.2 Å². The maximum absolute atomic E-state index is 12.5. The molecule has 0 saturated carbocycles. The molecule has 0 saturated heterocycles. The normalized spacial score (nSPS) is 10.3. The van der Waals surface area contributed by atoms with Crippen molar-refractivity contribution in [3.05, 3.63) is 96.1 Å². The Bertz CT molecular complexity index is 816. The maximum atomic E-state index is 12.5. The first-order valence-corrected chi connectivity index (χ1v) is 8.95. The predicted octanol–water partition coefficient (Wildman–Crippen LogP) is 5.34. The van der Waals surface area contributed by atoms with E-state index in [1.165, 1.54) is 5.56 Å². The van der Waals surface area contributed by atoms with Crippen molar-refractivity contribution < 1.29 is 9.53 Å². The van der Waals surface area contributed by atoms with Crippen LogP contribution in [0.2, 0.25) is 0 Å². The van der Waals surface area contributed by atoms with Gasteiger partial charge >= 0.3 is 0 Å². The number of carbonyl (C=O) groups is 1. The number of hydrogen-bond acceptors (Lipinski definition) is 2. The number of amides is 1. The number of carbonyl (C=O) groups excluding carboxylic acids is 1. The van der Waals surface area contributed by atoms with E-state index < -0.39 is 0 Å². The molecule has 3 rings (SSSR count). The van der Waals surface area contributed by atoms with Crippen molar-refractivity contribution in [3.63, 3.8) is 0 Å². The minimum Gasteiger partial charge on any atom is -0.493 e. The van der Waals surface area contributed by atoms with Crippen molar-refractivity contribution in [1.29, 1.82) is 0 Å². The van der Waals surface area contributed by atoms with Crippen LogP contribution in [-0.2, 0) is 6.42 Å². The van der Waals surface area contributed by atoms with Gasteiger partial charge in [0.1, 0.15) is 5.75 Å². The van der Waals surface area contributed by atoms with E-state index in [1.807, 2.05) is 54.6 Å². The van der Waals surface area contributed by atoms with Gasteiger partial charge in [-0.05, 0) is 49.1 Å².